The molecule has 2 fully saturated rings. The normalized spacial score (nSPS) is 20.9. The van der Waals surface area contributed by atoms with Crippen molar-refractivity contribution in [2.45, 2.75) is 25.3 Å². The Bertz CT molecular complexity index is 637. The molecule has 3 rings (SSSR count). The van der Waals surface area contributed by atoms with Crippen LogP contribution in [0.2, 0.25) is 0 Å². The number of ether oxygens (including phenoxy) is 1. The number of hydrogen-bond donors (Lipinski definition) is 2. The van der Waals surface area contributed by atoms with Crippen LogP contribution in [0.15, 0.2) is 29.4 Å². The van der Waals surface area contributed by atoms with Gasteiger partial charge in [0, 0.05) is 58.5 Å². The summed E-state index contributed by atoms with van der Waals surface area (Å²) in [6, 6.07) is 6.35. The van der Waals surface area contributed by atoms with E-state index in [0.29, 0.717) is 12.0 Å². The van der Waals surface area contributed by atoms with E-state index in [4.69, 9.17) is 4.74 Å². The molecule has 2 aliphatic heterocycles. The number of hydrogen-bond acceptors (Lipinski definition) is 5. The molecule has 0 radical (unpaired) electrons. The molecule has 28 heavy (non-hydrogen) atoms. The number of anilines is 1. The minimum absolute atomic E-state index is 0.00438. The summed E-state index contributed by atoms with van der Waals surface area (Å²) in [6.07, 6.45) is 4.92. The van der Waals surface area contributed by atoms with Crippen LogP contribution in [-0.2, 0) is 9.53 Å². The molecular formula is C20H32N6O2. The second-order valence-corrected chi connectivity index (χ2v) is 7.66. The van der Waals surface area contributed by atoms with E-state index in [2.05, 4.69) is 31.6 Å². The predicted octanol–water partition coefficient (Wildman–Crippen LogP) is 0.710. The van der Waals surface area contributed by atoms with Crippen LogP contribution in [-0.4, -0.2) is 81.3 Å². The summed E-state index contributed by atoms with van der Waals surface area (Å²) < 4.78 is 5.45. The Morgan fingerprint density at radius 2 is 2.14 bits per heavy atom. The van der Waals surface area contributed by atoms with Gasteiger partial charge in [-0.3, -0.25) is 4.79 Å². The third-order valence-electron chi connectivity index (χ3n) is 5.26. The topological polar surface area (TPSA) is 82.1 Å². The van der Waals surface area contributed by atoms with Crippen LogP contribution >= 0.6 is 0 Å². The van der Waals surface area contributed by atoms with Gasteiger partial charge in [-0.2, -0.15) is 0 Å². The SMILES string of the molecule is CN(C)C(=O)CN=C(NCC1CCOC1)NC1CCN(c2ccccn2)CC1. The van der Waals surface area contributed by atoms with Crippen LogP contribution in [0.4, 0.5) is 5.82 Å². The number of piperidine rings is 1. The highest BCUT2D eigenvalue weighted by atomic mass is 16.5. The lowest BCUT2D eigenvalue weighted by molar-refractivity contribution is -0.127. The average Bonchev–Trinajstić information content (AvgIpc) is 3.24. The lowest BCUT2D eigenvalue weighted by Gasteiger charge is -2.34. The van der Waals surface area contributed by atoms with Gasteiger partial charge >= 0.3 is 0 Å². The van der Waals surface area contributed by atoms with Crippen LogP contribution in [0.3, 0.4) is 0 Å². The Hall–Kier alpha value is -2.35. The zero-order valence-corrected chi connectivity index (χ0v) is 16.9. The minimum atomic E-state index is -0.00438. The molecule has 154 valence electrons. The first-order valence-electron chi connectivity index (χ1n) is 10.1. The molecule has 1 aromatic heterocycles. The van der Waals surface area contributed by atoms with E-state index in [1.165, 1.54) is 0 Å². The van der Waals surface area contributed by atoms with Crippen LogP contribution in [0.25, 0.3) is 0 Å². The highest BCUT2D eigenvalue weighted by Crippen LogP contribution is 2.17. The summed E-state index contributed by atoms with van der Waals surface area (Å²) in [5.74, 6) is 2.25. The number of carbonyl (C=O) groups is 1. The molecule has 8 nitrogen and oxygen atoms in total. The largest absolute Gasteiger partial charge is 0.381 e. The van der Waals surface area contributed by atoms with Gasteiger partial charge in [0.1, 0.15) is 12.4 Å². The Kier molecular flexibility index (Phi) is 7.47. The minimum Gasteiger partial charge on any atom is -0.381 e. The maximum atomic E-state index is 11.9. The summed E-state index contributed by atoms with van der Waals surface area (Å²) in [5, 5.41) is 6.93. The third-order valence-corrected chi connectivity index (χ3v) is 5.26. The third kappa shape index (κ3) is 6.09. The van der Waals surface area contributed by atoms with Crippen molar-refractivity contribution >= 4 is 17.7 Å². The van der Waals surface area contributed by atoms with Crippen LogP contribution < -0.4 is 15.5 Å². The van der Waals surface area contributed by atoms with E-state index in [1.54, 1.807) is 19.0 Å². The molecule has 2 saturated heterocycles. The Labute approximate surface area is 167 Å². The van der Waals surface area contributed by atoms with Crippen molar-refractivity contribution in [3.63, 3.8) is 0 Å². The quantitative estimate of drug-likeness (QED) is 0.552. The van der Waals surface area contributed by atoms with Gasteiger partial charge < -0.3 is 25.2 Å². The van der Waals surface area contributed by atoms with Crippen molar-refractivity contribution in [3.05, 3.63) is 24.4 Å². The second kappa shape index (κ2) is 10.3. The van der Waals surface area contributed by atoms with Crippen LogP contribution in [0, 0.1) is 5.92 Å². The van der Waals surface area contributed by atoms with Crippen LogP contribution in [0.5, 0.6) is 0 Å². The highest BCUT2D eigenvalue weighted by molar-refractivity contribution is 5.85. The number of guanidine groups is 1. The number of nitrogens with one attached hydrogen (secondary N) is 2. The molecule has 1 aromatic rings. The molecule has 0 spiro atoms. The monoisotopic (exact) mass is 388 g/mol. The number of likely N-dealkylation sites (N-methyl/N-ethyl adjacent to an activating group) is 1. The summed E-state index contributed by atoms with van der Waals surface area (Å²) in [7, 11) is 3.50. The summed E-state index contributed by atoms with van der Waals surface area (Å²) >= 11 is 0. The molecule has 8 heteroatoms. The first-order chi connectivity index (χ1) is 13.6. The smallest absolute Gasteiger partial charge is 0.243 e. The molecule has 2 aliphatic rings. The van der Waals surface area contributed by atoms with Crippen molar-refractivity contribution in [1.29, 1.82) is 0 Å². The van der Waals surface area contributed by atoms with E-state index >= 15 is 0 Å². The number of amides is 1. The van der Waals surface area contributed by atoms with Crippen molar-refractivity contribution in [3.8, 4) is 0 Å². The average molecular weight is 389 g/mol. The lowest BCUT2D eigenvalue weighted by atomic mass is 10.1. The fourth-order valence-electron chi connectivity index (χ4n) is 3.41. The lowest BCUT2D eigenvalue weighted by Crippen LogP contribution is -2.50. The number of nitrogens with zero attached hydrogens (tertiary/aromatic N) is 4. The Balaban J connectivity index is 1.52. The maximum absolute atomic E-state index is 11.9. The van der Waals surface area contributed by atoms with Crippen molar-refractivity contribution in [1.82, 2.24) is 20.5 Å². The number of pyridine rings is 1. The molecule has 0 aromatic carbocycles. The van der Waals surface area contributed by atoms with E-state index in [1.807, 2.05) is 18.3 Å². The Morgan fingerprint density at radius 3 is 2.79 bits per heavy atom. The first-order valence-corrected chi connectivity index (χ1v) is 10.1. The van der Waals surface area contributed by atoms with Gasteiger partial charge in [-0.1, -0.05) is 6.07 Å². The van der Waals surface area contributed by atoms with Gasteiger partial charge in [0.2, 0.25) is 5.91 Å². The van der Waals surface area contributed by atoms with Gasteiger partial charge in [0.05, 0.1) is 6.61 Å². The molecule has 0 aliphatic carbocycles. The maximum Gasteiger partial charge on any atom is 0.243 e. The summed E-state index contributed by atoms with van der Waals surface area (Å²) in [4.78, 5) is 24.8. The van der Waals surface area contributed by atoms with E-state index in [0.717, 1.165) is 63.9 Å². The molecular weight excluding hydrogens is 356 g/mol. The molecule has 0 saturated carbocycles. The first kappa shape index (κ1) is 20.4. The van der Waals surface area contributed by atoms with Gasteiger partial charge in [0.25, 0.3) is 0 Å². The zero-order chi connectivity index (χ0) is 19.8. The highest BCUT2D eigenvalue weighted by Gasteiger charge is 2.22. The molecule has 1 amide bonds. The fourth-order valence-corrected chi connectivity index (χ4v) is 3.41. The predicted molar refractivity (Wildman–Crippen MR) is 111 cm³/mol. The number of aliphatic imine (C=N–C) groups is 1. The molecule has 3 heterocycles. The van der Waals surface area contributed by atoms with Gasteiger partial charge in [-0.15, -0.1) is 0 Å². The summed E-state index contributed by atoms with van der Waals surface area (Å²) in [6.45, 7) is 4.49. The Morgan fingerprint density at radius 1 is 1.32 bits per heavy atom. The standard InChI is InChI=1S/C20H32N6O2/c1-25(2)19(27)14-23-20(22-13-16-8-12-28-15-16)24-17-6-10-26(11-7-17)18-5-3-4-9-21-18/h3-5,9,16-17H,6-8,10-15H2,1-2H3,(H2,22,23,24). The van der Waals surface area contributed by atoms with Crippen molar-refractivity contribution in [2.75, 3.05) is 58.4 Å². The van der Waals surface area contributed by atoms with Crippen molar-refractivity contribution < 1.29 is 9.53 Å². The zero-order valence-electron chi connectivity index (χ0n) is 16.9. The number of aromatic nitrogens is 1. The van der Waals surface area contributed by atoms with Gasteiger partial charge in [-0.05, 0) is 31.4 Å². The van der Waals surface area contributed by atoms with Crippen molar-refractivity contribution in [2.24, 2.45) is 10.9 Å². The molecule has 1 unspecified atom stereocenters. The summed E-state index contributed by atoms with van der Waals surface area (Å²) in [5.41, 5.74) is 0. The number of carbonyl (C=O) groups excluding carboxylic acids is 1. The molecule has 2 N–H and O–H groups in total. The second-order valence-electron chi connectivity index (χ2n) is 7.66. The van der Waals surface area contributed by atoms with E-state index in [9.17, 15) is 4.79 Å². The fraction of sp³-hybridized carbons (Fsp3) is 0.650. The van der Waals surface area contributed by atoms with Gasteiger partial charge in [0.15, 0.2) is 5.96 Å². The molecule has 0 bridgehead atoms. The number of rotatable bonds is 6. The molecule has 1 atom stereocenters. The van der Waals surface area contributed by atoms with E-state index in [-0.39, 0.29) is 12.5 Å². The van der Waals surface area contributed by atoms with E-state index < -0.39 is 0 Å². The van der Waals surface area contributed by atoms with Crippen LogP contribution in [0.1, 0.15) is 19.3 Å². The van der Waals surface area contributed by atoms with Gasteiger partial charge in [-0.25, -0.2) is 9.98 Å².